The molecule has 0 amide bonds. The van der Waals surface area contributed by atoms with Crippen molar-refractivity contribution >= 4 is 0 Å². The fourth-order valence-electron chi connectivity index (χ4n) is 1.87. The maximum atomic E-state index is 9.95. The normalized spacial score (nSPS) is 13.7. The van der Waals surface area contributed by atoms with Crippen LogP contribution in [-0.2, 0) is 12.8 Å². The molecule has 1 atom stereocenters. The van der Waals surface area contributed by atoms with Crippen LogP contribution < -0.4 is 0 Å². The molecule has 96 valence electrons. The molecule has 1 aromatic rings. The Hall–Kier alpha value is -0.820. The molecule has 0 aliphatic carbocycles. The van der Waals surface area contributed by atoms with Crippen LogP contribution in [0.25, 0.3) is 0 Å². The third-order valence-corrected chi connectivity index (χ3v) is 3.37. The van der Waals surface area contributed by atoms with Gasteiger partial charge in [-0.25, -0.2) is 0 Å². The fraction of sp³-hybridized carbons (Fsp3) is 0.625. The molecular weight excluding hydrogens is 208 g/mol. The Bertz CT molecular complexity index is 318. The predicted molar refractivity (Wildman–Crippen MR) is 74.2 cm³/mol. The molecule has 1 rings (SSSR count). The Morgan fingerprint density at radius 3 is 2.06 bits per heavy atom. The molecule has 0 aromatic heterocycles. The van der Waals surface area contributed by atoms with Gasteiger partial charge in [-0.05, 0) is 42.2 Å². The van der Waals surface area contributed by atoms with Gasteiger partial charge in [0.25, 0.3) is 0 Å². The highest BCUT2D eigenvalue weighted by atomic mass is 16.3. The van der Waals surface area contributed by atoms with Gasteiger partial charge >= 0.3 is 0 Å². The molecule has 1 unspecified atom stereocenters. The van der Waals surface area contributed by atoms with Crippen molar-refractivity contribution in [3.8, 4) is 0 Å². The van der Waals surface area contributed by atoms with E-state index in [1.165, 1.54) is 11.1 Å². The lowest BCUT2D eigenvalue weighted by Crippen LogP contribution is -2.25. The zero-order valence-electron chi connectivity index (χ0n) is 11.7. The average Bonchev–Trinajstić information content (AvgIpc) is 2.28. The third-order valence-electron chi connectivity index (χ3n) is 3.37. The van der Waals surface area contributed by atoms with Gasteiger partial charge in [-0.3, -0.25) is 0 Å². The first-order valence-electron chi connectivity index (χ1n) is 6.69. The van der Waals surface area contributed by atoms with E-state index in [1.54, 1.807) is 0 Å². The Labute approximate surface area is 106 Å². The monoisotopic (exact) mass is 234 g/mol. The number of hydrogen-bond acceptors (Lipinski definition) is 1. The molecule has 1 N–H and O–H groups in total. The quantitative estimate of drug-likeness (QED) is 0.817. The summed E-state index contributed by atoms with van der Waals surface area (Å²) in [5.41, 5.74) is 2.78. The lowest BCUT2D eigenvalue weighted by Gasteiger charge is -2.25. The highest BCUT2D eigenvalue weighted by Crippen LogP contribution is 2.23. The zero-order chi connectivity index (χ0) is 12.9. The van der Waals surface area contributed by atoms with Gasteiger partial charge in [0, 0.05) is 0 Å². The first kappa shape index (κ1) is 14.2. The van der Waals surface area contributed by atoms with Gasteiger partial charge in [-0.15, -0.1) is 0 Å². The molecule has 0 saturated heterocycles. The molecule has 1 heteroatoms. The predicted octanol–water partition coefficient (Wildman–Crippen LogP) is 3.98. The van der Waals surface area contributed by atoms with Crippen LogP contribution in [0.15, 0.2) is 24.3 Å². The standard InChI is InChI=1S/C16H26O/c1-5-13-9-11-14(12-10-13)7-6-8-15(17)16(2,3)4/h9-12,15,17H,5-8H2,1-4H3. The Morgan fingerprint density at radius 1 is 1.06 bits per heavy atom. The van der Waals surface area contributed by atoms with Crippen LogP contribution in [0, 0.1) is 5.41 Å². The van der Waals surface area contributed by atoms with Crippen LogP contribution in [0.4, 0.5) is 0 Å². The fourth-order valence-corrected chi connectivity index (χ4v) is 1.87. The summed E-state index contributed by atoms with van der Waals surface area (Å²) >= 11 is 0. The number of benzene rings is 1. The van der Waals surface area contributed by atoms with Crippen LogP contribution >= 0.6 is 0 Å². The lowest BCUT2D eigenvalue weighted by atomic mass is 9.86. The minimum Gasteiger partial charge on any atom is -0.393 e. The Balaban J connectivity index is 2.35. The summed E-state index contributed by atoms with van der Waals surface area (Å²) < 4.78 is 0. The second-order valence-electron chi connectivity index (χ2n) is 5.94. The summed E-state index contributed by atoms with van der Waals surface area (Å²) in [7, 11) is 0. The van der Waals surface area contributed by atoms with Gasteiger partial charge in [0.15, 0.2) is 0 Å². The van der Waals surface area contributed by atoms with Crippen LogP contribution in [0.5, 0.6) is 0 Å². The van der Waals surface area contributed by atoms with Gasteiger partial charge in [-0.1, -0.05) is 52.0 Å². The summed E-state index contributed by atoms with van der Waals surface area (Å²) in [5.74, 6) is 0. The van der Waals surface area contributed by atoms with E-state index in [1.807, 2.05) is 0 Å². The molecule has 0 bridgehead atoms. The maximum Gasteiger partial charge on any atom is 0.0588 e. The van der Waals surface area contributed by atoms with E-state index in [2.05, 4.69) is 52.0 Å². The topological polar surface area (TPSA) is 20.2 Å². The summed E-state index contributed by atoms with van der Waals surface area (Å²) in [6.45, 7) is 8.45. The van der Waals surface area contributed by atoms with Crippen molar-refractivity contribution in [2.45, 2.75) is 59.5 Å². The number of aliphatic hydroxyl groups excluding tert-OH is 1. The molecule has 0 aliphatic heterocycles. The van der Waals surface area contributed by atoms with Crippen molar-refractivity contribution in [2.24, 2.45) is 5.41 Å². The van der Waals surface area contributed by atoms with Crippen molar-refractivity contribution in [3.05, 3.63) is 35.4 Å². The highest BCUT2D eigenvalue weighted by molar-refractivity contribution is 5.22. The molecule has 0 saturated carbocycles. The number of aliphatic hydroxyl groups is 1. The minimum absolute atomic E-state index is 0.00602. The largest absolute Gasteiger partial charge is 0.393 e. The van der Waals surface area contributed by atoms with E-state index >= 15 is 0 Å². The van der Waals surface area contributed by atoms with E-state index in [0.717, 1.165) is 25.7 Å². The van der Waals surface area contributed by atoms with Crippen LogP contribution in [0.3, 0.4) is 0 Å². The maximum absolute atomic E-state index is 9.95. The van der Waals surface area contributed by atoms with Crippen LogP contribution in [0.1, 0.15) is 51.7 Å². The Morgan fingerprint density at radius 2 is 1.59 bits per heavy atom. The number of rotatable bonds is 5. The van der Waals surface area contributed by atoms with Crippen molar-refractivity contribution < 1.29 is 5.11 Å². The molecule has 0 heterocycles. The van der Waals surface area contributed by atoms with E-state index in [9.17, 15) is 5.11 Å². The van der Waals surface area contributed by atoms with E-state index in [0.29, 0.717) is 0 Å². The number of aryl methyl sites for hydroxylation is 2. The summed E-state index contributed by atoms with van der Waals surface area (Å²) in [4.78, 5) is 0. The third kappa shape index (κ3) is 4.91. The number of hydrogen-bond donors (Lipinski definition) is 1. The zero-order valence-corrected chi connectivity index (χ0v) is 11.7. The van der Waals surface area contributed by atoms with Gasteiger partial charge in [0.05, 0.1) is 6.10 Å². The molecule has 0 radical (unpaired) electrons. The molecule has 0 aliphatic rings. The van der Waals surface area contributed by atoms with E-state index < -0.39 is 0 Å². The summed E-state index contributed by atoms with van der Waals surface area (Å²) in [6.07, 6.45) is 3.92. The molecule has 0 spiro atoms. The molecule has 0 fully saturated rings. The van der Waals surface area contributed by atoms with Crippen LogP contribution in [0.2, 0.25) is 0 Å². The van der Waals surface area contributed by atoms with E-state index in [4.69, 9.17) is 0 Å². The van der Waals surface area contributed by atoms with Gasteiger partial charge < -0.3 is 5.11 Å². The van der Waals surface area contributed by atoms with Crippen molar-refractivity contribution in [1.29, 1.82) is 0 Å². The van der Waals surface area contributed by atoms with Gasteiger partial charge in [-0.2, -0.15) is 0 Å². The van der Waals surface area contributed by atoms with Crippen molar-refractivity contribution in [1.82, 2.24) is 0 Å². The molecular formula is C16H26O. The van der Waals surface area contributed by atoms with Gasteiger partial charge in [0.1, 0.15) is 0 Å². The highest BCUT2D eigenvalue weighted by Gasteiger charge is 2.21. The summed E-state index contributed by atoms with van der Waals surface area (Å²) in [5, 5.41) is 9.95. The van der Waals surface area contributed by atoms with Crippen molar-refractivity contribution in [3.63, 3.8) is 0 Å². The second-order valence-corrected chi connectivity index (χ2v) is 5.94. The first-order chi connectivity index (χ1) is 7.93. The molecule has 17 heavy (non-hydrogen) atoms. The lowest BCUT2D eigenvalue weighted by molar-refractivity contribution is 0.0540. The molecule has 1 aromatic carbocycles. The van der Waals surface area contributed by atoms with Gasteiger partial charge in [0.2, 0.25) is 0 Å². The summed E-state index contributed by atoms with van der Waals surface area (Å²) in [6, 6.07) is 8.83. The first-order valence-corrected chi connectivity index (χ1v) is 6.69. The van der Waals surface area contributed by atoms with Crippen molar-refractivity contribution in [2.75, 3.05) is 0 Å². The Kier molecular flexibility index (Phi) is 5.20. The van der Waals surface area contributed by atoms with E-state index in [-0.39, 0.29) is 11.5 Å². The second kappa shape index (κ2) is 6.20. The average molecular weight is 234 g/mol. The van der Waals surface area contributed by atoms with Crippen LogP contribution in [-0.4, -0.2) is 11.2 Å². The molecule has 1 nitrogen and oxygen atoms in total. The SMILES string of the molecule is CCc1ccc(CCCC(O)C(C)(C)C)cc1. The smallest absolute Gasteiger partial charge is 0.0588 e. The minimum atomic E-state index is -0.197.